The van der Waals surface area contributed by atoms with Crippen molar-refractivity contribution in [3.05, 3.63) is 47.0 Å². The number of hydrogen-bond acceptors (Lipinski definition) is 6. The molecular formula is C20H20O6. The smallest absolute Gasteiger partial charge is 0.309 e. The van der Waals surface area contributed by atoms with E-state index in [2.05, 4.69) is 0 Å². The molecule has 3 atom stereocenters. The van der Waals surface area contributed by atoms with Gasteiger partial charge in [0.25, 0.3) is 0 Å². The normalized spacial score (nSPS) is 23.8. The summed E-state index contributed by atoms with van der Waals surface area (Å²) in [5.74, 6) is 0.263. The molecule has 1 heterocycles. The number of fused-ring (bicyclic) bond motifs is 2. The molecule has 0 bridgehead atoms. The topological polar surface area (TPSA) is 85.2 Å². The maximum Gasteiger partial charge on any atom is 0.309 e. The Balaban J connectivity index is 1.89. The minimum absolute atomic E-state index is 0.0305. The number of carbonyl (C=O) groups is 1. The van der Waals surface area contributed by atoms with Crippen molar-refractivity contribution < 1.29 is 29.2 Å². The Hall–Kier alpha value is -2.89. The van der Waals surface area contributed by atoms with Gasteiger partial charge < -0.3 is 24.4 Å². The lowest BCUT2D eigenvalue weighted by atomic mass is 9.67. The molecule has 2 aliphatic rings. The Labute approximate surface area is 150 Å². The highest BCUT2D eigenvalue weighted by Crippen LogP contribution is 2.50. The van der Waals surface area contributed by atoms with Gasteiger partial charge in [-0.2, -0.15) is 0 Å². The molecule has 136 valence electrons. The number of carbonyl (C=O) groups excluding carboxylic acids is 1. The van der Waals surface area contributed by atoms with Crippen LogP contribution in [-0.2, 0) is 16.0 Å². The summed E-state index contributed by atoms with van der Waals surface area (Å²) in [6.45, 7) is 0.337. The van der Waals surface area contributed by atoms with Crippen LogP contribution in [0.1, 0.15) is 22.6 Å². The molecule has 1 aliphatic heterocycles. The minimum atomic E-state index is -0.235. The molecule has 1 saturated heterocycles. The number of rotatable bonds is 3. The first kappa shape index (κ1) is 16.6. The number of phenolic OH excluding ortho intramolecular Hbond substituents is 2. The molecule has 0 saturated carbocycles. The van der Waals surface area contributed by atoms with Crippen molar-refractivity contribution in [3.8, 4) is 23.0 Å². The van der Waals surface area contributed by atoms with Crippen LogP contribution in [0, 0.1) is 11.8 Å². The first-order valence-electron chi connectivity index (χ1n) is 8.46. The van der Waals surface area contributed by atoms with Crippen molar-refractivity contribution in [2.24, 2.45) is 11.8 Å². The molecule has 0 aromatic heterocycles. The molecule has 2 aromatic rings. The van der Waals surface area contributed by atoms with Crippen molar-refractivity contribution in [2.45, 2.75) is 12.3 Å². The summed E-state index contributed by atoms with van der Waals surface area (Å²) in [6.07, 6.45) is 0.557. The molecule has 2 unspecified atom stereocenters. The van der Waals surface area contributed by atoms with Crippen molar-refractivity contribution in [1.29, 1.82) is 0 Å². The van der Waals surface area contributed by atoms with Crippen molar-refractivity contribution in [1.82, 2.24) is 0 Å². The molecular weight excluding hydrogens is 336 g/mol. The number of ether oxygens (including phenoxy) is 3. The van der Waals surface area contributed by atoms with Crippen LogP contribution in [0.15, 0.2) is 30.3 Å². The summed E-state index contributed by atoms with van der Waals surface area (Å²) in [5.41, 5.74) is 2.80. The lowest BCUT2D eigenvalue weighted by Gasteiger charge is -2.34. The van der Waals surface area contributed by atoms with E-state index in [0.29, 0.717) is 24.5 Å². The van der Waals surface area contributed by atoms with E-state index in [1.807, 2.05) is 6.07 Å². The summed E-state index contributed by atoms with van der Waals surface area (Å²) >= 11 is 0. The molecule has 6 nitrogen and oxygen atoms in total. The van der Waals surface area contributed by atoms with Gasteiger partial charge in [-0.3, -0.25) is 4.79 Å². The van der Waals surface area contributed by atoms with Crippen molar-refractivity contribution in [3.63, 3.8) is 0 Å². The fourth-order valence-corrected chi connectivity index (χ4v) is 4.18. The predicted octanol–water partition coefficient (Wildman–Crippen LogP) is 2.59. The van der Waals surface area contributed by atoms with Gasteiger partial charge >= 0.3 is 5.97 Å². The Morgan fingerprint density at radius 3 is 2.50 bits per heavy atom. The van der Waals surface area contributed by atoms with Gasteiger partial charge in [0.1, 0.15) is 0 Å². The predicted molar refractivity (Wildman–Crippen MR) is 92.8 cm³/mol. The summed E-state index contributed by atoms with van der Waals surface area (Å²) < 4.78 is 15.8. The number of benzene rings is 2. The fourth-order valence-electron chi connectivity index (χ4n) is 4.18. The van der Waals surface area contributed by atoms with E-state index in [9.17, 15) is 15.0 Å². The number of methoxy groups -OCH3 is 2. The van der Waals surface area contributed by atoms with Crippen LogP contribution < -0.4 is 9.47 Å². The van der Waals surface area contributed by atoms with Gasteiger partial charge in [0.05, 0.1) is 26.7 Å². The molecule has 0 spiro atoms. The molecule has 2 N–H and O–H groups in total. The molecule has 2 aromatic carbocycles. The van der Waals surface area contributed by atoms with E-state index in [4.69, 9.17) is 14.2 Å². The van der Waals surface area contributed by atoms with Gasteiger partial charge in [-0.1, -0.05) is 6.07 Å². The standard InChI is InChI=1S/C20H20O6/c1-24-17-6-10(3-4-15(17)21)19-12-8-16(22)18(25-2)7-11(12)5-13-14(19)9-26-20(13)23/h3-4,6-8,13-14,19,21-22H,5,9H2,1-2H3/t13?,14-,19?/m0/s1. The quantitative estimate of drug-likeness (QED) is 0.823. The van der Waals surface area contributed by atoms with E-state index in [0.717, 1.165) is 16.7 Å². The van der Waals surface area contributed by atoms with Gasteiger partial charge in [0.15, 0.2) is 23.0 Å². The molecule has 26 heavy (non-hydrogen) atoms. The molecule has 6 heteroatoms. The lowest BCUT2D eigenvalue weighted by Crippen LogP contribution is -2.31. The summed E-state index contributed by atoms with van der Waals surface area (Å²) in [6, 6.07) is 8.67. The van der Waals surface area contributed by atoms with E-state index in [-0.39, 0.29) is 35.2 Å². The average Bonchev–Trinajstić information content (AvgIpc) is 3.00. The molecule has 0 amide bonds. The third-order valence-electron chi connectivity index (χ3n) is 5.44. The highest BCUT2D eigenvalue weighted by atomic mass is 16.5. The van der Waals surface area contributed by atoms with Gasteiger partial charge in [-0.15, -0.1) is 0 Å². The minimum Gasteiger partial charge on any atom is -0.504 e. The van der Waals surface area contributed by atoms with E-state index < -0.39 is 0 Å². The first-order valence-corrected chi connectivity index (χ1v) is 8.46. The fraction of sp³-hybridized carbons (Fsp3) is 0.350. The first-order chi connectivity index (χ1) is 12.5. The highest BCUT2D eigenvalue weighted by molar-refractivity contribution is 5.77. The number of cyclic esters (lactones) is 1. The van der Waals surface area contributed by atoms with Crippen LogP contribution in [0.25, 0.3) is 0 Å². The maximum atomic E-state index is 12.2. The summed E-state index contributed by atoms with van der Waals surface area (Å²) in [5, 5.41) is 20.2. The third kappa shape index (κ3) is 2.44. The second kappa shape index (κ2) is 6.12. The molecule has 0 radical (unpaired) electrons. The van der Waals surface area contributed by atoms with Crippen molar-refractivity contribution >= 4 is 5.97 Å². The second-order valence-corrected chi connectivity index (χ2v) is 6.74. The molecule has 4 rings (SSSR count). The van der Waals surface area contributed by atoms with E-state index >= 15 is 0 Å². The van der Waals surface area contributed by atoms with Crippen LogP contribution in [-0.4, -0.2) is 37.0 Å². The highest BCUT2D eigenvalue weighted by Gasteiger charge is 2.47. The number of esters is 1. The van der Waals surface area contributed by atoms with Gasteiger partial charge in [0, 0.05) is 11.8 Å². The summed E-state index contributed by atoms with van der Waals surface area (Å²) in [4.78, 5) is 12.2. The van der Waals surface area contributed by atoms with Crippen LogP contribution >= 0.6 is 0 Å². The second-order valence-electron chi connectivity index (χ2n) is 6.74. The Bertz CT molecular complexity index is 875. The zero-order chi connectivity index (χ0) is 18.4. The number of phenols is 2. The Morgan fingerprint density at radius 2 is 1.77 bits per heavy atom. The Kier molecular flexibility index (Phi) is 3.90. The van der Waals surface area contributed by atoms with Gasteiger partial charge in [-0.05, 0) is 47.4 Å². The van der Waals surface area contributed by atoms with Crippen LogP contribution in [0.4, 0.5) is 0 Å². The molecule has 1 fully saturated rings. The average molecular weight is 356 g/mol. The maximum absolute atomic E-state index is 12.2. The van der Waals surface area contributed by atoms with Crippen molar-refractivity contribution in [2.75, 3.05) is 20.8 Å². The van der Waals surface area contributed by atoms with Crippen LogP contribution in [0.2, 0.25) is 0 Å². The lowest BCUT2D eigenvalue weighted by molar-refractivity contribution is -0.141. The van der Waals surface area contributed by atoms with E-state index in [1.54, 1.807) is 24.3 Å². The van der Waals surface area contributed by atoms with Gasteiger partial charge in [-0.25, -0.2) is 0 Å². The van der Waals surface area contributed by atoms with Gasteiger partial charge in [0.2, 0.25) is 0 Å². The third-order valence-corrected chi connectivity index (χ3v) is 5.44. The SMILES string of the molecule is COc1cc(C2c3cc(O)c(OC)cc3CC3C(=O)OC[C@@H]32)ccc1O. The van der Waals surface area contributed by atoms with Crippen LogP contribution in [0.3, 0.4) is 0 Å². The zero-order valence-corrected chi connectivity index (χ0v) is 14.6. The zero-order valence-electron chi connectivity index (χ0n) is 14.6. The monoisotopic (exact) mass is 356 g/mol. The van der Waals surface area contributed by atoms with Crippen LogP contribution in [0.5, 0.6) is 23.0 Å². The number of hydrogen-bond donors (Lipinski definition) is 2. The Morgan fingerprint density at radius 1 is 1.04 bits per heavy atom. The largest absolute Gasteiger partial charge is 0.504 e. The number of aromatic hydroxyl groups is 2. The molecule has 1 aliphatic carbocycles. The summed E-state index contributed by atoms with van der Waals surface area (Å²) in [7, 11) is 2.99. The van der Waals surface area contributed by atoms with E-state index in [1.165, 1.54) is 14.2 Å².